The fraction of sp³-hybridized carbons (Fsp3) is 0.950. The molecule has 5 nitrogen and oxygen atoms in total. The van der Waals surface area contributed by atoms with E-state index in [0.29, 0.717) is 18.1 Å². The number of halogens is 2. The number of nitrogens with zero attached hydrogens (tertiary/aromatic N) is 2. The first-order chi connectivity index (χ1) is 12.1. The first-order valence-electron chi connectivity index (χ1n) is 10.5. The van der Waals surface area contributed by atoms with Crippen LogP contribution in [0.1, 0.15) is 52.4 Å². The fourth-order valence-electron chi connectivity index (χ4n) is 4.75. The third-order valence-electron chi connectivity index (χ3n) is 6.24. The van der Waals surface area contributed by atoms with E-state index in [9.17, 15) is 4.79 Å². The molecule has 7 heteroatoms. The zero-order valence-electron chi connectivity index (χ0n) is 17.0. The van der Waals surface area contributed by atoms with Crippen molar-refractivity contribution in [3.8, 4) is 0 Å². The Morgan fingerprint density at radius 2 is 1.67 bits per heavy atom. The summed E-state index contributed by atoms with van der Waals surface area (Å²) in [5.74, 6) is 1.90. The molecule has 3 atom stereocenters. The van der Waals surface area contributed by atoms with Crippen molar-refractivity contribution in [1.29, 1.82) is 0 Å². The maximum absolute atomic E-state index is 12.4. The summed E-state index contributed by atoms with van der Waals surface area (Å²) in [6.07, 6.45) is 7.43. The zero-order valence-corrected chi connectivity index (χ0v) is 18.7. The van der Waals surface area contributed by atoms with Crippen molar-refractivity contribution in [2.75, 3.05) is 45.8 Å². The molecule has 3 aliphatic heterocycles. The van der Waals surface area contributed by atoms with E-state index in [2.05, 4.69) is 29.0 Å². The minimum Gasteiger partial charge on any atom is -0.373 e. The second-order valence-corrected chi connectivity index (χ2v) is 8.53. The van der Waals surface area contributed by atoms with Gasteiger partial charge in [0.05, 0.1) is 12.2 Å². The largest absolute Gasteiger partial charge is 0.373 e. The van der Waals surface area contributed by atoms with Gasteiger partial charge in [-0.2, -0.15) is 0 Å². The minimum absolute atomic E-state index is 0. The molecule has 160 valence electrons. The SMILES string of the molecule is CC1CN(CCC2CCN(C(=O)CCC3CCNC3)CC2)CC(C)O1.Cl.Cl. The Bertz CT molecular complexity index is 417. The van der Waals surface area contributed by atoms with Crippen LogP contribution < -0.4 is 5.32 Å². The Morgan fingerprint density at radius 1 is 1.00 bits per heavy atom. The molecule has 3 rings (SSSR count). The molecular formula is C20H39Cl2N3O2. The smallest absolute Gasteiger partial charge is 0.222 e. The molecule has 0 saturated carbocycles. The monoisotopic (exact) mass is 423 g/mol. The number of likely N-dealkylation sites (tertiary alicyclic amines) is 1. The van der Waals surface area contributed by atoms with Gasteiger partial charge in [-0.25, -0.2) is 0 Å². The van der Waals surface area contributed by atoms with Gasteiger partial charge in [-0.05, 0) is 77.4 Å². The van der Waals surface area contributed by atoms with Gasteiger partial charge >= 0.3 is 0 Å². The van der Waals surface area contributed by atoms with Crippen molar-refractivity contribution in [2.24, 2.45) is 11.8 Å². The van der Waals surface area contributed by atoms with Crippen LogP contribution in [0.5, 0.6) is 0 Å². The van der Waals surface area contributed by atoms with Gasteiger partial charge in [-0.3, -0.25) is 9.69 Å². The highest BCUT2D eigenvalue weighted by atomic mass is 35.5. The number of amides is 1. The number of carbonyl (C=O) groups excluding carboxylic acids is 1. The predicted octanol–water partition coefficient (Wildman–Crippen LogP) is 2.96. The van der Waals surface area contributed by atoms with Crippen LogP contribution in [0, 0.1) is 11.8 Å². The summed E-state index contributed by atoms with van der Waals surface area (Å²) < 4.78 is 5.82. The molecule has 27 heavy (non-hydrogen) atoms. The van der Waals surface area contributed by atoms with Crippen LogP contribution in [-0.4, -0.2) is 73.7 Å². The van der Waals surface area contributed by atoms with Gasteiger partial charge < -0.3 is 15.0 Å². The van der Waals surface area contributed by atoms with Gasteiger partial charge in [0.1, 0.15) is 0 Å². The minimum atomic E-state index is 0. The van der Waals surface area contributed by atoms with Gasteiger partial charge in [-0.15, -0.1) is 24.8 Å². The van der Waals surface area contributed by atoms with Gasteiger partial charge in [-0.1, -0.05) is 0 Å². The van der Waals surface area contributed by atoms with Crippen molar-refractivity contribution < 1.29 is 9.53 Å². The Kier molecular flexibility index (Phi) is 11.5. The van der Waals surface area contributed by atoms with Gasteiger partial charge in [0.25, 0.3) is 0 Å². The Hall–Kier alpha value is -0.0700. The highest BCUT2D eigenvalue weighted by molar-refractivity contribution is 5.85. The van der Waals surface area contributed by atoms with Crippen molar-refractivity contribution >= 4 is 30.7 Å². The number of hydrogen-bond donors (Lipinski definition) is 1. The third-order valence-corrected chi connectivity index (χ3v) is 6.24. The van der Waals surface area contributed by atoms with Crippen molar-refractivity contribution in [1.82, 2.24) is 15.1 Å². The Labute approximate surface area is 177 Å². The van der Waals surface area contributed by atoms with Crippen LogP contribution in [0.4, 0.5) is 0 Å². The van der Waals surface area contributed by atoms with E-state index >= 15 is 0 Å². The van der Waals surface area contributed by atoms with Gasteiger partial charge in [0.2, 0.25) is 5.91 Å². The molecule has 3 saturated heterocycles. The molecule has 0 bridgehead atoms. The molecule has 3 heterocycles. The van der Waals surface area contributed by atoms with E-state index in [4.69, 9.17) is 4.74 Å². The van der Waals surface area contributed by atoms with E-state index in [-0.39, 0.29) is 24.8 Å². The predicted molar refractivity (Wildman–Crippen MR) is 115 cm³/mol. The van der Waals surface area contributed by atoms with E-state index in [0.717, 1.165) is 63.9 Å². The van der Waals surface area contributed by atoms with Gasteiger partial charge in [0, 0.05) is 32.6 Å². The van der Waals surface area contributed by atoms with Crippen molar-refractivity contribution in [3.05, 3.63) is 0 Å². The normalized spacial score (nSPS) is 29.9. The number of rotatable bonds is 6. The molecule has 3 fully saturated rings. The number of hydrogen-bond acceptors (Lipinski definition) is 4. The Morgan fingerprint density at radius 3 is 2.26 bits per heavy atom. The van der Waals surface area contributed by atoms with Gasteiger partial charge in [0.15, 0.2) is 0 Å². The van der Waals surface area contributed by atoms with Crippen LogP contribution >= 0.6 is 24.8 Å². The summed E-state index contributed by atoms with van der Waals surface area (Å²) in [6.45, 7) is 11.9. The van der Waals surface area contributed by atoms with Crippen LogP contribution in [0.25, 0.3) is 0 Å². The summed E-state index contributed by atoms with van der Waals surface area (Å²) in [7, 11) is 0. The Balaban J connectivity index is 0.00000182. The zero-order chi connectivity index (χ0) is 17.6. The lowest BCUT2D eigenvalue weighted by Crippen LogP contribution is -2.46. The van der Waals surface area contributed by atoms with Crippen LogP contribution in [-0.2, 0) is 9.53 Å². The summed E-state index contributed by atoms with van der Waals surface area (Å²) in [4.78, 5) is 17.1. The molecule has 0 aromatic heterocycles. The highest BCUT2D eigenvalue weighted by Gasteiger charge is 2.26. The summed E-state index contributed by atoms with van der Waals surface area (Å²) in [6, 6.07) is 0. The van der Waals surface area contributed by atoms with Crippen molar-refractivity contribution in [3.63, 3.8) is 0 Å². The number of nitrogens with one attached hydrogen (secondary N) is 1. The van der Waals surface area contributed by atoms with E-state index in [1.54, 1.807) is 0 Å². The second-order valence-electron chi connectivity index (χ2n) is 8.53. The maximum atomic E-state index is 12.4. The maximum Gasteiger partial charge on any atom is 0.222 e. The standard InChI is InChI=1S/C20H37N3O2.2ClH/c1-16-14-22(15-17(2)25-16)10-6-18-7-11-23(12-8-18)20(24)4-3-19-5-9-21-13-19;;/h16-19,21H,3-15H2,1-2H3;2*1H. The lowest BCUT2D eigenvalue weighted by atomic mass is 9.92. The quantitative estimate of drug-likeness (QED) is 0.712. The average molecular weight is 424 g/mol. The number of ether oxygens (including phenoxy) is 1. The summed E-state index contributed by atoms with van der Waals surface area (Å²) in [5, 5.41) is 3.39. The number of morpholine rings is 1. The molecule has 3 unspecified atom stereocenters. The molecule has 0 spiro atoms. The van der Waals surface area contributed by atoms with Crippen LogP contribution in [0.2, 0.25) is 0 Å². The van der Waals surface area contributed by atoms with Crippen LogP contribution in [0.3, 0.4) is 0 Å². The highest BCUT2D eigenvalue weighted by Crippen LogP contribution is 2.23. The lowest BCUT2D eigenvalue weighted by molar-refractivity contribution is -0.133. The third kappa shape index (κ3) is 8.06. The topological polar surface area (TPSA) is 44.8 Å². The fourth-order valence-corrected chi connectivity index (χ4v) is 4.75. The van der Waals surface area contributed by atoms with Crippen LogP contribution in [0.15, 0.2) is 0 Å². The lowest BCUT2D eigenvalue weighted by Gasteiger charge is -2.37. The molecule has 3 aliphatic rings. The second kappa shape index (κ2) is 12.5. The first-order valence-corrected chi connectivity index (χ1v) is 10.5. The van der Waals surface area contributed by atoms with E-state index in [1.807, 2.05) is 0 Å². The number of piperidine rings is 1. The van der Waals surface area contributed by atoms with Crippen molar-refractivity contribution in [2.45, 2.75) is 64.6 Å². The summed E-state index contributed by atoms with van der Waals surface area (Å²) in [5.41, 5.74) is 0. The number of carbonyl (C=O) groups is 1. The molecular weight excluding hydrogens is 385 g/mol. The molecule has 1 amide bonds. The molecule has 0 aromatic rings. The first kappa shape index (κ1) is 25.0. The van der Waals surface area contributed by atoms with E-state index < -0.39 is 0 Å². The van der Waals surface area contributed by atoms with E-state index in [1.165, 1.54) is 32.2 Å². The molecule has 0 aliphatic carbocycles. The summed E-state index contributed by atoms with van der Waals surface area (Å²) >= 11 is 0. The molecule has 0 radical (unpaired) electrons. The molecule has 0 aromatic carbocycles. The molecule has 1 N–H and O–H groups in total. The average Bonchev–Trinajstić information content (AvgIpc) is 3.11.